The zero-order valence-electron chi connectivity index (χ0n) is 11.5. The Hall–Kier alpha value is -2.07. The quantitative estimate of drug-likeness (QED) is 0.918. The number of ether oxygens (including phenoxy) is 1. The van der Waals surface area contributed by atoms with Gasteiger partial charge in [-0.15, -0.1) is 0 Å². The molecule has 0 fully saturated rings. The molecular formula is C16H15ClFNO2. The number of hydrogen-bond acceptors (Lipinski definition) is 2. The van der Waals surface area contributed by atoms with Crippen molar-refractivity contribution in [2.45, 2.75) is 6.42 Å². The van der Waals surface area contributed by atoms with Crippen LogP contribution in [0.4, 0.5) is 4.39 Å². The van der Waals surface area contributed by atoms with Crippen LogP contribution in [0.3, 0.4) is 0 Å². The first kappa shape index (κ1) is 15.3. The molecule has 0 unspecified atom stereocenters. The molecule has 0 radical (unpaired) electrons. The van der Waals surface area contributed by atoms with E-state index in [1.165, 1.54) is 12.1 Å². The number of amides is 1. The van der Waals surface area contributed by atoms with Crippen molar-refractivity contribution in [3.63, 3.8) is 0 Å². The van der Waals surface area contributed by atoms with E-state index < -0.39 is 11.7 Å². The summed E-state index contributed by atoms with van der Waals surface area (Å²) < 4.78 is 18.8. The molecule has 0 spiro atoms. The maximum atomic E-state index is 13.6. The summed E-state index contributed by atoms with van der Waals surface area (Å²) in [5, 5.41) is 2.94. The van der Waals surface area contributed by atoms with Gasteiger partial charge in [0.05, 0.1) is 12.7 Å². The Morgan fingerprint density at radius 2 is 2.05 bits per heavy atom. The maximum absolute atomic E-state index is 13.6. The zero-order valence-corrected chi connectivity index (χ0v) is 12.3. The van der Waals surface area contributed by atoms with Gasteiger partial charge in [-0.1, -0.05) is 29.8 Å². The minimum atomic E-state index is -0.628. The van der Waals surface area contributed by atoms with Crippen molar-refractivity contribution in [2.75, 3.05) is 13.7 Å². The van der Waals surface area contributed by atoms with Crippen LogP contribution >= 0.6 is 11.6 Å². The van der Waals surface area contributed by atoms with Gasteiger partial charge in [0, 0.05) is 11.6 Å². The summed E-state index contributed by atoms with van der Waals surface area (Å²) in [6.07, 6.45) is 0.602. The Morgan fingerprint density at radius 1 is 1.29 bits per heavy atom. The van der Waals surface area contributed by atoms with Crippen LogP contribution in [0.5, 0.6) is 5.75 Å². The molecule has 21 heavy (non-hydrogen) atoms. The van der Waals surface area contributed by atoms with Gasteiger partial charge in [0.15, 0.2) is 0 Å². The second-order valence-electron chi connectivity index (χ2n) is 4.44. The number of carbonyl (C=O) groups is 1. The van der Waals surface area contributed by atoms with Gasteiger partial charge < -0.3 is 10.1 Å². The van der Waals surface area contributed by atoms with Crippen molar-refractivity contribution >= 4 is 17.5 Å². The average molecular weight is 308 g/mol. The number of methoxy groups -OCH3 is 1. The van der Waals surface area contributed by atoms with Gasteiger partial charge >= 0.3 is 0 Å². The molecule has 0 aliphatic heterocycles. The molecular weight excluding hydrogens is 293 g/mol. The number of rotatable bonds is 5. The van der Waals surface area contributed by atoms with E-state index in [1.54, 1.807) is 7.11 Å². The third-order valence-corrected chi connectivity index (χ3v) is 3.28. The lowest BCUT2D eigenvalue weighted by atomic mass is 10.1. The van der Waals surface area contributed by atoms with Crippen LogP contribution in [0, 0.1) is 5.82 Å². The second kappa shape index (κ2) is 7.09. The van der Waals surface area contributed by atoms with Crippen molar-refractivity contribution < 1.29 is 13.9 Å². The van der Waals surface area contributed by atoms with E-state index in [4.69, 9.17) is 16.3 Å². The summed E-state index contributed by atoms with van der Waals surface area (Å²) in [6, 6.07) is 11.5. The van der Waals surface area contributed by atoms with E-state index in [0.717, 1.165) is 17.4 Å². The molecule has 1 N–H and O–H groups in total. The van der Waals surface area contributed by atoms with Gasteiger partial charge in [-0.3, -0.25) is 4.79 Å². The number of benzene rings is 2. The molecule has 0 atom stereocenters. The van der Waals surface area contributed by atoms with Crippen molar-refractivity contribution in [2.24, 2.45) is 0 Å². The number of halogens is 2. The molecule has 2 aromatic rings. The standard InChI is InChI=1S/C16H15ClFNO2/c1-21-15-5-3-2-4-11(15)8-9-19-16(20)13-7-6-12(17)10-14(13)18/h2-7,10H,8-9H2,1H3,(H,19,20). The second-order valence-corrected chi connectivity index (χ2v) is 4.88. The van der Waals surface area contributed by atoms with Gasteiger partial charge in [-0.05, 0) is 36.2 Å². The molecule has 0 aliphatic carbocycles. The number of nitrogens with one attached hydrogen (secondary N) is 1. The highest BCUT2D eigenvalue weighted by atomic mass is 35.5. The maximum Gasteiger partial charge on any atom is 0.254 e. The van der Waals surface area contributed by atoms with Crippen LogP contribution in [0.1, 0.15) is 15.9 Å². The van der Waals surface area contributed by atoms with Crippen molar-refractivity contribution in [3.8, 4) is 5.75 Å². The summed E-state index contributed by atoms with van der Waals surface area (Å²) in [5.41, 5.74) is 0.969. The molecule has 3 nitrogen and oxygen atoms in total. The minimum absolute atomic E-state index is 0.0144. The normalized spacial score (nSPS) is 10.2. The van der Waals surface area contributed by atoms with Gasteiger partial charge in [-0.2, -0.15) is 0 Å². The SMILES string of the molecule is COc1ccccc1CCNC(=O)c1ccc(Cl)cc1F. The zero-order chi connectivity index (χ0) is 15.2. The molecule has 2 rings (SSSR count). The third-order valence-electron chi connectivity index (χ3n) is 3.05. The molecule has 2 aromatic carbocycles. The highest BCUT2D eigenvalue weighted by molar-refractivity contribution is 6.30. The fraction of sp³-hybridized carbons (Fsp3) is 0.188. The summed E-state index contributed by atoms with van der Waals surface area (Å²) in [4.78, 5) is 11.9. The predicted octanol–water partition coefficient (Wildman–Crippen LogP) is 3.46. The van der Waals surface area contributed by atoms with Crippen molar-refractivity contribution in [3.05, 3.63) is 64.4 Å². The predicted molar refractivity (Wildman–Crippen MR) is 80.4 cm³/mol. The van der Waals surface area contributed by atoms with Gasteiger partial charge in [-0.25, -0.2) is 4.39 Å². The lowest BCUT2D eigenvalue weighted by Crippen LogP contribution is -2.26. The third kappa shape index (κ3) is 3.95. The van der Waals surface area contributed by atoms with Crippen molar-refractivity contribution in [1.29, 1.82) is 0 Å². The van der Waals surface area contributed by atoms with Crippen LogP contribution in [0.2, 0.25) is 5.02 Å². The molecule has 0 aromatic heterocycles. The highest BCUT2D eigenvalue weighted by Crippen LogP contribution is 2.17. The lowest BCUT2D eigenvalue weighted by molar-refractivity contribution is 0.0950. The summed E-state index contributed by atoms with van der Waals surface area (Å²) in [6.45, 7) is 0.390. The molecule has 5 heteroatoms. The molecule has 1 amide bonds. The van der Waals surface area contributed by atoms with E-state index in [2.05, 4.69) is 5.32 Å². The fourth-order valence-corrected chi connectivity index (χ4v) is 2.15. The molecule has 0 aliphatic rings. The van der Waals surface area contributed by atoms with Crippen LogP contribution in [0.15, 0.2) is 42.5 Å². The Bertz CT molecular complexity index is 646. The molecule has 0 saturated heterocycles. The first-order valence-electron chi connectivity index (χ1n) is 6.47. The minimum Gasteiger partial charge on any atom is -0.496 e. The smallest absolute Gasteiger partial charge is 0.254 e. The summed E-state index contributed by atoms with van der Waals surface area (Å²) in [5.74, 6) is -0.319. The number of carbonyl (C=O) groups excluding carboxylic acids is 1. The van der Waals surface area contributed by atoms with Gasteiger partial charge in [0.25, 0.3) is 5.91 Å². The molecule has 110 valence electrons. The first-order valence-corrected chi connectivity index (χ1v) is 6.84. The van der Waals surface area contributed by atoms with Crippen LogP contribution in [0.25, 0.3) is 0 Å². The van der Waals surface area contributed by atoms with E-state index in [0.29, 0.717) is 13.0 Å². The monoisotopic (exact) mass is 307 g/mol. The summed E-state index contributed by atoms with van der Waals surface area (Å²) in [7, 11) is 1.60. The molecule has 0 bridgehead atoms. The van der Waals surface area contributed by atoms with E-state index >= 15 is 0 Å². The fourth-order valence-electron chi connectivity index (χ4n) is 1.99. The van der Waals surface area contributed by atoms with Gasteiger partial charge in [0.2, 0.25) is 0 Å². The average Bonchev–Trinajstić information content (AvgIpc) is 2.47. The van der Waals surface area contributed by atoms with Crippen LogP contribution in [-0.2, 0) is 6.42 Å². The summed E-state index contributed by atoms with van der Waals surface area (Å²) >= 11 is 5.65. The highest BCUT2D eigenvalue weighted by Gasteiger charge is 2.11. The van der Waals surface area contributed by atoms with Crippen LogP contribution in [-0.4, -0.2) is 19.6 Å². The Morgan fingerprint density at radius 3 is 2.76 bits per heavy atom. The molecule has 0 saturated carbocycles. The Balaban J connectivity index is 1.95. The number of hydrogen-bond donors (Lipinski definition) is 1. The molecule has 0 heterocycles. The largest absolute Gasteiger partial charge is 0.496 e. The Labute approximate surface area is 127 Å². The van der Waals surface area contributed by atoms with E-state index in [-0.39, 0.29) is 10.6 Å². The van der Waals surface area contributed by atoms with Crippen molar-refractivity contribution in [1.82, 2.24) is 5.32 Å². The van der Waals surface area contributed by atoms with E-state index in [9.17, 15) is 9.18 Å². The Kier molecular flexibility index (Phi) is 5.17. The lowest BCUT2D eigenvalue weighted by Gasteiger charge is -2.09. The van der Waals surface area contributed by atoms with Crippen LogP contribution < -0.4 is 10.1 Å². The topological polar surface area (TPSA) is 38.3 Å². The number of para-hydroxylation sites is 1. The first-order chi connectivity index (χ1) is 10.1. The van der Waals surface area contributed by atoms with Gasteiger partial charge in [0.1, 0.15) is 11.6 Å². The van der Waals surface area contributed by atoms with E-state index in [1.807, 2.05) is 24.3 Å².